The lowest BCUT2D eigenvalue weighted by Crippen LogP contribution is -2.42. The van der Waals surface area contributed by atoms with Gasteiger partial charge in [-0.05, 0) is 52.6 Å². The Labute approximate surface area is 176 Å². The number of anilines is 2. The molecule has 2 aromatic rings. The Kier molecular flexibility index (Phi) is 7.78. The van der Waals surface area contributed by atoms with Crippen LogP contribution in [0.1, 0.15) is 25.8 Å². The average Bonchev–Trinajstić information content (AvgIpc) is 2.56. The molecule has 0 saturated heterocycles. The summed E-state index contributed by atoms with van der Waals surface area (Å²) in [6, 6.07) is 5.96. The van der Waals surface area contributed by atoms with Gasteiger partial charge in [0.15, 0.2) is 0 Å². The van der Waals surface area contributed by atoms with E-state index in [1.54, 1.807) is 24.3 Å². The van der Waals surface area contributed by atoms with Gasteiger partial charge in [-0.15, -0.1) is 0 Å². The van der Waals surface area contributed by atoms with Crippen LogP contribution in [0.4, 0.5) is 11.5 Å². The van der Waals surface area contributed by atoms with Crippen molar-refractivity contribution in [3.05, 3.63) is 44.9 Å². The van der Waals surface area contributed by atoms with E-state index in [2.05, 4.69) is 43.2 Å². The van der Waals surface area contributed by atoms with Crippen molar-refractivity contribution >= 4 is 57.6 Å². The van der Waals surface area contributed by atoms with Crippen molar-refractivity contribution in [2.75, 3.05) is 5.32 Å². The van der Waals surface area contributed by atoms with Crippen LogP contribution < -0.4 is 10.6 Å². The Morgan fingerprint density at radius 1 is 1.26 bits per heavy atom. The van der Waals surface area contributed by atoms with Crippen molar-refractivity contribution in [2.24, 2.45) is 5.92 Å². The number of carbonyl (C=O) groups excluding carboxylic acids is 1. The number of nitrogens with one attached hydrogen (secondary N) is 2. The van der Waals surface area contributed by atoms with Crippen LogP contribution in [0.25, 0.3) is 0 Å². The lowest BCUT2D eigenvalue weighted by Gasteiger charge is -2.17. The first kappa shape index (κ1) is 21.4. The fourth-order valence-corrected chi connectivity index (χ4v) is 3.06. The molecule has 1 aromatic carbocycles. The van der Waals surface area contributed by atoms with Crippen LogP contribution in [0.3, 0.4) is 0 Å². The summed E-state index contributed by atoms with van der Waals surface area (Å²) in [5, 5.41) is 15.5. The molecular formula is C18H20ClIN4O3. The molecule has 9 heteroatoms. The first-order valence-electron chi connectivity index (χ1n) is 8.29. The number of aliphatic carboxylic acids is 1. The van der Waals surface area contributed by atoms with Crippen molar-refractivity contribution in [3.8, 4) is 0 Å². The third-order valence-electron chi connectivity index (χ3n) is 3.66. The zero-order valence-corrected chi connectivity index (χ0v) is 17.8. The highest BCUT2D eigenvalue weighted by Gasteiger charge is 2.21. The van der Waals surface area contributed by atoms with E-state index in [0.717, 1.165) is 3.70 Å². The summed E-state index contributed by atoms with van der Waals surface area (Å²) in [6.45, 7) is 3.82. The van der Waals surface area contributed by atoms with Crippen molar-refractivity contribution < 1.29 is 14.7 Å². The Morgan fingerprint density at radius 2 is 2.00 bits per heavy atom. The molecule has 0 spiro atoms. The second-order valence-electron chi connectivity index (χ2n) is 6.42. The van der Waals surface area contributed by atoms with E-state index in [0.29, 0.717) is 28.5 Å². The first-order chi connectivity index (χ1) is 12.7. The summed E-state index contributed by atoms with van der Waals surface area (Å²) in [4.78, 5) is 31.9. The third-order valence-corrected chi connectivity index (χ3v) is 4.48. The third kappa shape index (κ3) is 6.94. The minimum absolute atomic E-state index is 0.0174. The lowest BCUT2D eigenvalue weighted by molar-refractivity contribution is -0.142. The van der Waals surface area contributed by atoms with E-state index in [4.69, 9.17) is 11.6 Å². The average molecular weight is 503 g/mol. The molecule has 27 heavy (non-hydrogen) atoms. The van der Waals surface area contributed by atoms with Crippen LogP contribution >= 0.6 is 34.2 Å². The topological polar surface area (TPSA) is 104 Å². The highest BCUT2D eigenvalue weighted by atomic mass is 127. The SMILES string of the molecule is CC(C)C[C@H](NC(=O)Cc1ccc(Cl)cc1Nc1cc(I)ncn1)C(=O)O. The van der Waals surface area contributed by atoms with Crippen LogP contribution in [0.2, 0.25) is 5.02 Å². The molecule has 0 aliphatic rings. The molecule has 2 rings (SSSR count). The van der Waals surface area contributed by atoms with Gasteiger partial charge in [-0.3, -0.25) is 4.79 Å². The number of aromatic nitrogens is 2. The van der Waals surface area contributed by atoms with Crippen molar-refractivity contribution in [3.63, 3.8) is 0 Å². The summed E-state index contributed by atoms with van der Waals surface area (Å²) >= 11 is 8.16. The molecule has 1 amide bonds. The number of carboxylic acids is 1. The van der Waals surface area contributed by atoms with Crippen LogP contribution in [-0.4, -0.2) is 33.0 Å². The zero-order valence-electron chi connectivity index (χ0n) is 14.9. The van der Waals surface area contributed by atoms with Crippen LogP contribution in [0, 0.1) is 9.62 Å². The lowest BCUT2D eigenvalue weighted by atomic mass is 10.0. The second kappa shape index (κ2) is 9.84. The van der Waals surface area contributed by atoms with E-state index >= 15 is 0 Å². The van der Waals surface area contributed by atoms with Crippen LogP contribution in [0.15, 0.2) is 30.6 Å². The number of hydrogen-bond donors (Lipinski definition) is 3. The number of amides is 1. The molecule has 144 valence electrons. The van der Waals surface area contributed by atoms with Gasteiger partial charge in [0, 0.05) is 16.8 Å². The quantitative estimate of drug-likeness (QED) is 0.376. The molecule has 0 saturated carbocycles. The molecule has 1 aromatic heterocycles. The maximum Gasteiger partial charge on any atom is 0.326 e. The van der Waals surface area contributed by atoms with Gasteiger partial charge in [0.2, 0.25) is 5.91 Å². The normalized spacial score (nSPS) is 11.9. The maximum atomic E-state index is 12.4. The van der Waals surface area contributed by atoms with Gasteiger partial charge < -0.3 is 15.7 Å². The number of carbonyl (C=O) groups is 2. The summed E-state index contributed by atoms with van der Waals surface area (Å²) in [5.41, 5.74) is 1.31. The summed E-state index contributed by atoms with van der Waals surface area (Å²) in [5.74, 6) is -0.686. The maximum absolute atomic E-state index is 12.4. The summed E-state index contributed by atoms with van der Waals surface area (Å²) in [6.07, 6.45) is 1.82. The second-order valence-corrected chi connectivity index (χ2v) is 7.96. The number of carboxylic acid groups (broad SMARTS) is 1. The molecular weight excluding hydrogens is 483 g/mol. The molecule has 0 bridgehead atoms. The number of halogens is 2. The molecule has 0 fully saturated rings. The Bertz CT molecular complexity index is 832. The van der Waals surface area contributed by atoms with Gasteiger partial charge in [0.1, 0.15) is 21.9 Å². The number of nitrogens with zero attached hydrogens (tertiary/aromatic N) is 2. The molecule has 0 unspecified atom stereocenters. The van der Waals surface area contributed by atoms with E-state index < -0.39 is 12.0 Å². The monoisotopic (exact) mass is 502 g/mol. The van der Waals surface area contributed by atoms with Gasteiger partial charge in [-0.25, -0.2) is 14.8 Å². The Hall–Kier alpha value is -1.94. The first-order valence-corrected chi connectivity index (χ1v) is 9.75. The van der Waals surface area contributed by atoms with Crippen molar-refractivity contribution in [1.82, 2.24) is 15.3 Å². The van der Waals surface area contributed by atoms with Gasteiger partial charge in [-0.1, -0.05) is 31.5 Å². The predicted octanol–water partition coefficient (Wildman–Crippen LogP) is 3.64. The largest absolute Gasteiger partial charge is 0.480 e. The Morgan fingerprint density at radius 3 is 2.63 bits per heavy atom. The fraction of sp³-hybridized carbons (Fsp3) is 0.333. The fourth-order valence-electron chi connectivity index (χ4n) is 2.47. The highest BCUT2D eigenvalue weighted by Crippen LogP contribution is 2.25. The molecule has 3 N–H and O–H groups in total. The van der Waals surface area contributed by atoms with E-state index in [9.17, 15) is 14.7 Å². The number of hydrogen-bond acceptors (Lipinski definition) is 5. The van der Waals surface area contributed by atoms with Gasteiger partial charge in [0.25, 0.3) is 0 Å². The molecule has 7 nitrogen and oxygen atoms in total. The summed E-state index contributed by atoms with van der Waals surface area (Å²) < 4.78 is 0.768. The summed E-state index contributed by atoms with van der Waals surface area (Å²) in [7, 11) is 0. The van der Waals surface area contributed by atoms with E-state index in [1.807, 2.05) is 13.8 Å². The molecule has 1 heterocycles. The van der Waals surface area contributed by atoms with Crippen molar-refractivity contribution in [2.45, 2.75) is 32.7 Å². The predicted molar refractivity (Wildman–Crippen MR) is 112 cm³/mol. The van der Waals surface area contributed by atoms with Gasteiger partial charge >= 0.3 is 5.97 Å². The van der Waals surface area contributed by atoms with Gasteiger partial charge in [-0.2, -0.15) is 0 Å². The van der Waals surface area contributed by atoms with Gasteiger partial charge in [0.05, 0.1) is 6.42 Å². The van der Waals surface area contributed by atoms with Crippen LogP contribution in [-0.2, 0) is 16.0 Å². The molecule has 1 atom stereocenters. The van der Waals surface area contributed by atoms with Crippen molar-refractivity contribution in [1.29, 1.82) is 0 Å². The van der Waals surface area contributed by atoms with E-state index in [1.165, 1.54) is 6.33 Å². The van der Waals surface area contributed by atoms with Crippen LogP contribution in [0.5, 0.6) is 0 Å². The number of benzene rings is 1. The molecule has 0 radical (unpaired) electrons. The van der Waals surface area contributed by atoms with E-state index in [-0.39, 0.29) is 18.2 Å². The molecule has 0 aliphatic heterocycles. The smallest absolute Gasteiger partial charge is 0.326 e. The highest BCUT2D eigenvalue weighted by molar-refractivity contribution is 14.1. The minimum atomic E-state index is -1.04. The number of rotatable bonds is 8. The molecule has 0 aliphatic carbocycles. The zero-order chi connectivity index (χ0) is 20.0. The Balaban J connectivity index is 2.15. The standard InChI is InChI=1S/C18H20ClIN4O3/c1-10(2)5-14(18(26)27)24-17(25)6-11-3-4-12(19)7-13(11)23-16-8-15(20)21-9-22-16/h3-4,7-10,14H,5-6H2,1-2H3,(H,24,25)(H,26,27)(H,21,22,23)/t14-/m0/s1. The minimum Gasteiger partial charge on any atom is -0.480 e.